The number of anilines is 1. The Bertz CT molecular complexity index is 654. The number of rotatable bonds is 5. The van der Waals surface area contributed by atoms with Gasteiger partial charge in [-0.2, -0.15) is 19.6 Å². The van der Waals surface area contributed by atoms with E-state index < -0.39 is 9.84 Å². The molecule has 9 heteroatoms. The number of nitrogens with one attached hydrogen (secondary N) is 1. The Morgan fingerprint density at radius 2 is 2.28 bits per heavy atom. The van der Waals surface area contributed by atoms with E-state index in [1.54, 1.807) is 6.07 Å². The minimum Gasteiger partial charge on any atom is -0.370 e. The molecule has 2 aromatic rings. The summed E-state index contributed by atoms with van der Waals surface area (Å²) in [4.78, 5) is 7.91. The number of aromatic nitrogens is 4. The molecule has 1 N–H and O–H groups in total. The molecule has 0 atom stereocenters. The van der Waals surface area contributed by atoms with Crippen molar-refractivity contribution >= 4 is 33.0 Å². The van der Waals surface area contributed by atoms with Crippen LogP contribution in [0.1, 0.15) is 6.42 Å². The summed E-state index contributed by atoms with van der Waals surface area (Å²) in [5.74, 6) is 1.17. The summed E-state index contributed by atoms with van der Waals surface area (Å²) >= 11 is 5.84. The van der Waals surface area contributed by atoms with Crippen LogP contribution in [0, 0.1) is 0 Å². The molecule has 0 aliphatic carbocycles. The molecule has 0 unspecified atom stereocenters. The van der Waals surface area contributed by atoms with Gasteiger partial charge in [-0.05, 0) is 6.42 Å². The number of hydrogen-bond donors (Lipinski definition) is 1. The fourth-order valence-electron chi connectivity index (χ4n) is 1.46. The monoisotopic (exact) mass is 289 g/mol. The average molecular weight is 290 g/mol. The van der Waals surface area contributed by atoms with Crippen molar-refractivity contribution in [2.24, 2.45) is 0 Å². The van der Waals surface area contributed by atoms with Crippen LogP contribution in [-0.4, -0.2) is 46.6 Å². The molecule has 98 valence electrons. The molecule has 0 saturated carbocycles. The maximum Gasteiger partial charge on any atom is 0.255 e. The normalized spacial score (nSPS) is 11.9. The van der Waals surface area contributed by atoms with Gasteiger partial charge in [-0.3, -0.25) is 0 Å². The average Bonchev–Trinajstić information content (AvgIpc) is 2.70. The van der Waals surface area contributed by atoms with E-state index >= 15 is 0 Å². The van der Waals surface area contributed by atoms with E-state index in [4.69, 9.17) is 11.6 Å². The van der Waals surface area contributed by atoms with Crippen LogP contribution in [-0.2, 0) is 9.84 Å². The third-order valence-electron chi connectivity index (χ3n) is 2.22. The number of hydrogen-bond acceptors (Lipinski definition) is 6. The lowest BCUT2D eigenvalue weighted by Crippen LogP contribution is -2.12. The van der Waals surface area contributed by atoms with Crippen molar-refractivity contribution < 1.29 is 8.42 Å². The summed E-state index contributed by atoms with van der Waals surface area (Å²) < 4.78 is 23.5. The van der Waals surface area contributed by atoms with E-state index in [-0.39, 0.29) is 5.75 Å². The first-order chi connectivity index (χ1) is 8.46. The molecule has 0 saturated heterocycles. The molecule has 0 radical (unpaired) electrons. The van der Waals surface area contributed by atoms with Gasteiger partial charge >= 0.3 is 0 Å². The highest BCUT2D eigenvalue weighted by molar-refractivity contribution is 7.90. The molecule has 0 aliphatic heterocycles. The molecule has 2 aromatic heterocycles. The first kappa shape index (κ1) is 13.0. The molecule has 2 rings (SSSR count). The van der Waals surface area contributed by atoms with Gasteiger partial charge in [0, 0.05) is 18.9 Å². The lowest BCUT2D eigenvalue weighted by Gasteiger charge is -2.07. The lowest BCUT2D eigenvalue weighted by molar-refractivity contribution is 0.600. The quantitative estimate of drug-likeness (QED) is 0.641. The van der Waals surface area contributed by atoms with Gasteiger partial charge in [-0.15, -0.1) is 0 Å². The second kappa shape index (κ2) is 5.07. The molecular weight excluding hydrogens is 278 g/mol. The molecule has 7 nitrogen and oxygen atoms in total. The predicted molar refractivity (Wildman–Crippen MR) is 68.6 cm³/mol. The van der Waals surface area contributed by atoms with Crippen molar-refractivity contribution in [1.29, 1.82) is 0 Å². The Balaban J connectivity index is 2.05. The van der Waals surface area contributed by atoms with Gasteiger partial charge in [0.15, 0.2) is 0 Å². The Kier molecular flexibility index (Phi) is 3.67. The molecule has 18 heavy (non-hydrogen) atoms. The van der Waals surface area contributed by atoms with E-state index in [1.807, 2.05) is 0 Å². The van der Waals surface area contributed by atoms with Crippen molar-refractivity contribution in [1.82, 2.24) is 19.6 Å². The second-order valence-corrected chi connectivity index (χ2v) is 6.49. The van der Waals surface area contributed by atoms with Gasteiger partial charge < -0.3 is 5.32 Å². The zero-order chi connectivity index (χ0) is 13.2. The standard InChI is InChI=1S/C9H12ClN5O2S/c1-18(16,17)4-2-3-11-8-5-7(10)14-9-12-6-13-15(8)9/h5-6,11H,2-4H2,1H3. The highest BCUT2D eigenvalue weighted by atomic mass is 35.5. The van der Waals surface area contributed by atoms with Crippen LogP contribution < -0.4 is 5.32 Å². The highest BCUT2D eigenvalue weighted by Gasteiger charge is 2.06. The van der Waals surface area contributed by atoms with Gasteiger partial charge in [-0.25, -0.2) is 8.42 Å². The first-order valence-electron chi connectivity index (χ1n) is 5.23. The molecule has 0 aliphatic rings. The fourth-order valence-corrected chi connectivity index (χ4v) is 2.31. The van der Waals surface area contributed by atoms with Crippen molar-refractivity contribution in [3.05, 3.63) is 17.5 Å². The van der Waals surface area contributed by atoms with E-state index in [0.717, 1.165) is 0 Å². The minimum atomic E-state index is -2.93. The van der Waals surface area contributed by atoms with Crippen molar-refractivity contribution in [2.75, 3.05) is 23.9 Å². The van der Waals surface area contributed by atoms with Crippen LogP contribution in [0.4, 0.5) is 5.82 Å². The summed E-state index contributed by atoms with van der Waals surface area (Å²) in [7, 11) is -2.93. The summed E-state index contributed by atoms with van der Waals surface area (Å²) in [6.45, 7) is 0.502. The number of sulfone groups is 1. The fraction of sp³-hybridized carbons (Fsp3) is 0.444. The molecule has 0 amide bonds. The Hall–Kier alpha value is -1.41. The van der Waals surface area contributed by atoms with E-state index in [1.165, 1.54) is 17.1 Å². The maximum absolute atomic E-state index is 11.0. The molecule has 0 bridgehead atoms. The van der Waals surface area contributed by atoms with Crippen molar-refractivity contribution in [3.63, 3.8) is 0 Å². The van der Waals surface area contributed by atoms with Crippen LogP contribution in [0.15, 0.2) is 12.4 Å². The smallest absolute Gasteiger partial charge is 0.255 e. The molecule has 0 spiro atoms. The predicted octanol–water partition coefficient (Wildman–Crippen LogP) is 0.624. The van der Waals surface area contributed by atoms with Crippen LogP contribution in [0.2, 0.25) is 5.15 Å². The highest BCUT2D eigenvalue weighted by Crippen LogP contribution is 2.14. The summed E-state index contributed by atoms with van der Waals surface area (Å²) in [6.07, 6.45) is 3.10. The topological polar surface area (TPSA) is 89.2 Å². The van der Waals surface area contributed by atoms with E-state index in [9.17, 15) is 8.42 Å². The molecular formula is C9H12ClN5O2S. The lowest BCUT2D eigenvalue weighted by atomic mass is 10.4. The van der Waals surface area contributed by atoms with Crippen LogP contribution in [0.25, 0.3) is 5.78 Å². The summed E-state index contributed by atoms with van der Waals surface area (Å²) in [6, 6.07) is 1.61. The van der Waals surface area contributed by atoms with Gasteiger partial charge in [0.25, 0.3) is 5.78 Å². The summed E-state index contributed by atoms with van der Waals surface area (Å²) in [5, 5.41) is 7.36. The molecule has 2 heterocycles. The Morgan fingerprint density at radius 3 is 3.00 bits per heavy atom. The molecule has 0 fully saturated rings. The Morgan fingerprint density at radius 1 is 1.50 bits per heavy atom. The number of fused-ring (bicyclic) bond motifs is 1. The van der Waals surface area contributed by atoms with Crippen LogP contribution in [0.3, 0.4) is 0 Å². The summed E-state index contributed by atoms with van der Waals surface area (Å²) in [5.41, 5.74) is 0. The largest absolute Gasteiger partial charge is 0.370 e. The first-order valence-corrected chi connectivity index (χ1v) is 7.67. The van der Waals surface area contributed by atoms with Gasteiger partial charge in [-0.1, -0.05) is 11.6 Å². The van der Waals surface area contributed by atoms with Gasteiger partial charge in [0.2, 0.25) is 0 Å². The van der Waals surface area contributed by atoms with E-state index in [2.05, 4.69) is 20.4 Å². The van der Waals surface area contributed by atoms with Crippen LogP contribution in [0.5, 0.6) is 0 Å². The maximum atomic E-state index is 11.0. The van der Waals surface area contributed by atoms with Gasteiger partial charge in [0.05, 0.1) is 5.75 Å². The number of halogens is 1. The molecule has 0 aromatic carbocycles. The third-order valence-corrected chi connectivity index (χ3v) is 3.44. The second-order valence-electron chi connectivity index (χ2n) is 3.85. The Labute approximate surface area is 109 Å². The van der Waals surface area contributed by atoms with Crippen LogP contribution >= 0.6 is 11.6 Å². The van der Waals surface area contributed by atoms with Crippen molar-refractivity contribution in [2.45, 2.75) is 6.42 Å². The zero-order valence-electron chi connectivity index (χ0n) is 9.67. The van der Waals surface area contributed by atoms with Crippen molar-refractivity contribution in [3.8, 4) is 0 Å². The number of nitrogens with zero attached hydrogens (tertiary/aromatic N) is 4. The SMILES string of the molecule is CS(=O)(=O)CCCNc1cc(Cl)nc2ncnn12. The van der Waals surface area contributed by atoms with Gasteiger partial charge in [0.1, 0.15) is 27.1 Å². The minimum absolute atomic E-state index is 0.138. The third kappa shape index (κ3) is 3.30. The van der Waals surface area contributed by atoms with E-state index in [0.29, 0.717) is 29.7 Å². The zero-order valence-corrected chi connectivity index (χ0v) is 11.2.